The minimum atomic E-state index is -0.544. The Hall–Kier alpha value is -1.59. The van der Waals surface area contributed by atoms with E-state index in [9.17, 15) is 9.18 Å². The summed E-state index contributed by atoms with van der Waals surface area (Å²) in [6, 6.07) is 3.94. The molecule has 0 atom stereocenters. The molecular formula is C13H12Cl2FN3O. The van der Waals surface area contributed by atoms with Crippen molar-refractivity contribution in [2.75, 3.05) is 5.32 Å². The molecule has 0 spiro atoms. The molecule has 0 radical (unpaired) electrons. The smallest absolute Gasteiger partial charge is 0.275 e. The van der Waals surface area contributed by atoms with Gasteiger partial charge in [-0.25, -0.2) is 4.39 Å². The summed E-state index contributed by atoms with van der Waals surface area (Å²) in [6.45, 7) is 4.09. The average Bonchev–Trinajstić information content (AvgIpc) is 2.69. The van der Waals surface area contributed by atoms with E-state index in [4.69, 9.17) is 23.2 Å². The Labute approximate surface area is 125 Å². The zero-order valence-electron chi connectivity index (χ0n) is 10.9. The molecule has 1 N–H and O–H groups in total. The molecule has 7 heteroatoms. The lowest BCUT2D eigenvalue weighted by Crippen LogP contribution is -2.17. The van der Waals surface area contributed by atoms with Crippen molar-refractivity contribution in [2.24, 2.45) is 0 Å². The lowest BCUT2D eigenvalue weighted by molar-refractivity contribution is 0.101. The Balaban J connectivity index is 2.30. The highest BCUT2D eigenvalue weighted by Crippen LogP contribution is 2.23. The van der Waals surface area contributed by atoms with E-state index in [0.29, 0.717) is 22.9 Å². The third-order valence-corrected chi connectivity index (χ3v) is 3.49. The zero-order valence-corrected chi connectivity index (χ0v) is 12.4. The van der Waals surface area contributed by atoms with Crippen LogP contribution in [0.5, 0.6) is 0 Å². The number of carbonyl (C=O) groups excluding carboxylic acids is 1. The molecule has 1 aromatic heterocycles. The Morgan fingerprint density at radius 1 is 1.45 bits per heavy atom. The van der Waals surface area contributed by atoms with Gasteiger partial charge in [-0.1, -0.05) is 23.2 Å². The SMILES string of the molecule is CCn1nc(C)c(Cl)c1C(=O)Nc1ccc(F)c(Cl)c1. The minimum absolute atomic E-state index is 0.0610. The third kappa shape index (κ3) is 2.78. The molecule has 1 amide bonds. The fourth-order valence-electron chi connectivity index (χ4n) is 1.77. The fourth-order valence-corrected chi connectivity index (χ4v) is 2.17. The minimum Gasteiger partial charge on any atom is -0.321 e. The Bertz CT molecular complexity index is 670. The highest BCUT2D eigenvalue weighted by Gasteiger charge is 2.20. The van der Waals surface area contributed by atoms with Gasteiger partial charge >= 0.3 is 0 Å². The van der Waals surface area contributed by atoms with Crippen molar-refractivity contribution in [1.29, 1.82) is 0 Å². The highest BCUT2D eigenvalue weighted by molar-refractivity contribution is 6.35. The summed E-state index contributed by atoms with van der Waals surface area (Å²) < 4.78 is 14.6. The van der Waals surface area contributed by atoms with Crippen LogP contribution in [0.4, 0.5) is 10.1 Å². The summed E-state index contributed by atoms with van der Waals surface area (Å²) >= 11 is 11.7. The van der Waals surface area contributed by atoms with Crippen LogP contribution in [-0.2, 0) is 6.54 Å². The first kappa shape index (κ1) is 14.8. The number of nitrogens with zero attached hydrogens (tertiary/aromatic N) is 2. The van der Waals surface area contributed by atoms with Crippen molar-refractivity contribution < 1.29 is 9.18 Å². The molecule has 2 aromatic rings. The van der Waals surface area contributed by atoms with Crippen molar-refractivity contribution in [3.8, 4) is 0 Å². The molecule has 0 saturated heterocycles. The first-order valence-electron chi connectivity index (χ1n) is 5.93. The maximum absolute atomic E-state index is 13.1. The summed E-state index contributed by atoms with van der Waals surface area (Å²) in [6.07, 6.45) is 0. The lowest BCUT2D eigenvalue weighted by Gasteiger charge is -2.08. The zero-order chi connectivity index (χ0) is 14.9. The summed E-state index contributed by atoms with van der Waals surface area (Å²) in [7, 11) is 0. The Kier molecular flexibility index (Phi) is 4.30. The number of carbonyl (C=O) groups is 1. The predicted molar refractivity (Wildman–Crippen MR) is 77.0 cm³/mol. The third-order valence-electron chi connectivity index (χ3n) is 2.75. The van der Waals surface area contributed by atoms with Gasteiger partial charge in [-0.3, -0.25) is 9.48 Å². The first-order valence-corrected chi connectivity index (χ1v) is 6.69. The molecule has 0 aliphatic rings. The van der Waals surface area contributed by atoms with E-state index in [0.717, 1.165) is 0 Å². The van der Waals surface area contributed by atoms with Crippen LogP contribution in [0.15, 0.2) is 18.2 Å². The standard InChI is InChI=1S/C13H12Cl2FN3O/c1-3-19-12(11(15)7(2)18-19)13(20)17-8-4-5-10(16)9(14)6-8/h4-6H,3H2,1-2H3,(H,17,20). The topological polar surface area (TPSA) is 46.9 Å². The fraction of sp³-hybridized carbons (Fsp3) is 0.231. The Morgan fingerprint density at radius 3 is 2.75 bits per heavy atom. The molecule has 4 nitrogen and oxygen atoms in total. The molecule has 0 unspecified atom stereocenters. The van der Waals surface area contributed by atoms with Crippen LogP contribution in [0, 0.1) is 12.7 Å². The predicted octanol–water partition coefficient (Wildman–Crippen LogP) is 3.91. The monoisotopic (exact) mass is 315 g/mol. The Morgan fingerprint density at radius 2 is 2.15 bits per heavy atom. The molecule has 1 aromatic carbocycles. The average molecular weight is 316 g/mol. The summed E-state index contributed by atoms with van der Waals surface area (Å²) in [5, 5.41) is 7.02. The molecule has 106 valence electrons. The second-order valence-electron chi connectivity index (χ2n) is 4.15. The summed E-state index contributed by atoms with van der Waals surface area (Å²) in [4.78, 5) is 12.2. The van der Waals surface area contributed by atoms with E-state index >= 15 is 0 Å². The highest BCUT2D eigenvalue weighted by atomic mass is 35.5. The summed E-state index contributed by atoms with van der Waals surface area (Å²) in [5.41, 5.74) is 1.24. The van der Waals surface area contributed by atoms with Crippen molar-refractivity contribution in [3.63, 3.8) is 0 Å². The largest absolute Gasteiger partial charge is 0.321 e. The molecule has 1 heterocycles. The molecule has 0 fully saturated rings. The van der Waals surface area contributed by atoms with Crippen LogP contribution < -0.4 is 5.32 Å². The molecule has 0 aliphatic carbocycles. The van der Waals surface area contributed by atoms with E-state index in [1.165, 1.54) is 22.9 Å². The van der Waals surface area contributed by atoms with Crippen molar-refractivity contribution >= 4 is 34.8 Å². The number of amides is 1. The van der Waals surface area contributed by atoms with E-state index in [1.54, 1.807) is 6.92 Å². The van der Waals surface area contributed by atoms with Crippen LogP contribution in [0.3, 0.4) is 0 Å². The second-order valence-corrected chi connectivity index (χ2v) is 4.93. The maximum atomic E-state index is 13.1. The normalized spacial score (nSPS) is 10.7. The number of nitrogens with one attached hydrogen (secondary N) is 1. The van der Waals surface area contributed by atoms with Crippen LogP contribution in [0.25, 0.3) is 0 Å². The van der Waals surface area contributed by atoms with E-state index < -0.39 is 11.7 Å². The van der Waals surface area contributed by atoms with Crippen molar-refractivity contribution in [3.05, 3.63) is 45.4 Å². The van der Waals surface area contributed by atoms with Gasteiger partial charge in [-0.2, -0.15) is 5.10 Å². The van der Waals surface area contributed by atoms with Crippen LogP contribution in [0.1, 0.15) is 23.1 Å². The van der Waals surface area contributed by atoms with Gasteiger partial charge in [0.25, 0.3) is 5.91 Å². The second kappa shape index (κ2) is 5.81. The van der Waals surface area contributed by atoms with E-state index in [1.807, 2.05) is 6.92 Å². The molecule has 2 rings (SSSR count). The van der Waals surface area contributed by atoms with Gasteiger partial charge in [0.05, 0.1) is 15.7 Å². The van der Waals surface area contributed by atoms with Crippen molar-refractivity contribution in [2.45, 2.75) is 20.4 Å². The number of benzene rings is 1. The number of aromatic nitrogens is 2. The first-order chi connectivity index (χ1) is 9.43. The van der Waals surface area contributed by atoms with Crippen molar-refractivity contribution in [1.82, 2.24) is 9.78 Å². The molecule has 0 bridgehead atoms. The number of halogens is 3. The molecular weight excluding hydrogens is 304 g/mol. The number of anilines is 1. The van der Waals surface area contributed by atoms with Gasteiger partial charge in [0, 0.05) is 12.2 Å². The van der Waals surface area contributed by atoms with Gasteiger partial charge in [0.1, 0.15) is 11.5 Å². The van der Waals surface area contributed by atoms with Gasteiger partial charge in [-0.05, 0) is 32.0 Å². The molecule has 0 aliphatic heterocycles. The molecule has 0 saturated carbocycles. The van der Waals surface area contributed by atoms with Gasteiger partial charge in [0.15, 0.2) is 0 Å². The van der Waals surface area contributed by atoms with Gasteiger partial charge in [-0.15, -0.1) is 0 Å². The number of aryl methyl sites for hydroxylation is 2. The van der Waals surface area contributed by atoms with E-state index in [-0.39, 0.29) is 10.7 Å². The van der Waals surface area contributed by atoms with E-state index in [2.05, 4.69) is 10.4 Å². The van der Waals surface area contributed by atoms with Crippen LogP contribution in [-0.4, -0.2) is 15.7 Å². The van der Waals surface area contributed by atoms with Gasteiger partial charge < -0.3 is 5.32 Å². The quantitative estimate of drug-likeness (QED) is 0.933. The number of rotatable bonds is 3. The lowest BCUT2D eigenvalue weighted by atomic mass is 10.3. The number of hydrogen-bond donors (Lipinski definition) is 1. The van der Waals surface area contributed by atoms with Crippen LogP contribution >= 0.6 is 23.2 Å². The molecule has 20 heavy (non-hydrogen) atoms. The maximum Gasteiger partial charge on any atom is 0.275 e. The summed E-state index contributed by atoms with van der Waals surface area (Å²) in [5.74, 6) is -0.961. The van der Waals surface area contributed by atoms with Crippen LogP contribution in [0.2, 0.25) is 10.0 Å². The van der Waals surface area contributed by atoms with Gasteiger partial charge in [0.2, 0.25) is 0 Å². The number of hydrogen-bond acceptors (Lipinski definition) is 2.